The Morgan fingerprint density at radius 2 is 2.16 bits per heavy atom. The summed E-state index contributed by atoms with van der Waals surface area (Å²) in [6.45, 7) is 2.52. The molecule has 0 heterocycles. The smallest absolute Gasteiger partial charge is 0.250 e. The number of carbonyl (C=O) groups excluding carboxylic acids is 1. The number of nitrogens with one attached hydrogen (secondary N) is 1. The Bertz CT molecular complexity index is 440. The molecule has 0 aliphatic heterocycles. The summed E-state index contributed by atoms with van der Waals surface area (Å²) in [5.74, 6) is -0.132. The van der Waals surface area contributed by atoms with Crippen LogP contribution in [0, 0.1) is 6.92 Å². The van der Waals surface area contributed by atoms with Crippen molar-refractivity contribution in [1.82, 2.24) is 0 Å². The lowest BCUT2D eigenvalue weighted by molar-refractivity contribution is -0.121. The van der Waals surface area contributed by atoms with Gasteiger partial charge in [0, 0.05) is 11.2 Å². The first-order valence-corrected chi connectivity index (χ1v) is 6.81. The molecule has 3 N–H and O–H groups in total. The number of nitrogens with two attached hydrogens (primary N) is 1. The van der Waals surface area contributed by atoms with Crippen molar-refractivity contribution in [2.45, 2.75) is 38.1 Å². The zero-order valence-electron chi connectivity index (χ0n) is 11.4. The maximum absolute atomic E-state index is 11.7. The fourth-order valence-electron chi connectivity index (χ4n) is 2.49. The van der Waals surface area contributed by atoms with Gasteiger partial charge >= 0.3 is 0 Å². The summed E-state index contributed by atoms with van der Waals surface area (Å²) in [6, 6.07) is 7.70. The van der Waals surface area contributed by atoms with Crippen LogP contribution in [-0.2, 0) is 9.53 Å². The fraction of sp³-hybridized carbons (Fsp3) is 0.533. The molecule has 0 bridgehead atoms. The molecule has 104 valence electrons. The lowest BCUT2D eigenvalue weighted by Gasteiger charge is -2.22. The van der Waals surface area contributed by atoms with Gasteiger partial charge in [-0.25, -0.2) is 0 Å². The van der Waals surface area contributed by atoms with Gasteiger partial charge in [-0.1, -0.05) is 25.0 Å². The van der Waals surface area contributed by atoms with Gasteiger partial charge in [-0.3, -0.25) is 4.79 Å². The fourth-order valence-corrected chi connectivity index (χ4v) is 2.49. The summed E-state index contributed by atoms with van der Waals surface area (Å²) in [6.07, 6.45) is 4.31. The molecule has 1 amide bonds. The van der Waals surface area contributed by atoms with Crippen molar-refractivity contribution < 1.29 is 9.53 Å². The van der Waals surface area contributed by atoms with Crippen LogP contribution in [0.15, 0.2) is 24.3 Å². The largest absolute Gasteiger partial charge is 0.370 e. The number of hydrogen-bond acceptors (Lipinski definition) is 3. The topological polar surface area (TPSA) is 64.3 Å². The summed E-state index contributed by atoms with van der Waals surface area (Å²) in [4.78, 5) is 11.7. The molecule has 0 spiro atoms. The molecule has 0 unspecified atom stereocenters. The molecule has 4 nitrogen and oxygen atoms in total. The Balaban J connectivity index is 1.73. The molecule has 4 heteroatoms. The third-order valence-electron chi connectivity index (χ3n) is 3.52. The second-order valence-corrected chi connectivity index (χ2v) is 5.48. The first-order valence-electron chi connectivity index (χ1n) is 6.81. The molecule has 0 aromatic heterocycles. The summed E-state index contributed by atoms with van der Waals surface area (Å²) in [5.41, 5.74) is 7.86. The third kappa shape index (κ3) is 4.33. The first-order chi connectivity index (χ1) is 9.07. The van der Waals surface area contributed by atoms with E-state index in [1.807, 2.05) is 31.2 Å². The van der Waals surface area contributed by atoms with Gasteiger partial charge in [0.2, 0.25) is 5.91 Å². The van der Waals surface area contributed by atoms with Gasteiger partial charge in [0.15, 0.2) is 0 Å². The number of aryl methyl sites for hydroxylation is 1. The van der Waals surface area contributed by atoms with E-state index in [-0.39, 0.29) is 18.1 Å². The Morgan fingerprint density at radius 1 is 1.42 bits per heavy atom. The lowest BCUT2D eigenvalue weighted by atomic mass is 10.0. The lowest BCUT2D eigenvalue weighted by Crippen LogP contribution is -2.42. The zero-order valence-corrected chi connectivity index (χ0v) is 11.4. The molecule has 19 heavy (non-hydrogen) atoms. The minimum absolute atomic E-state index is 0.0624. The van der Waals surface area contributed by atoms with E-state index in [1.54, 1.807) is 0 Å². The summed E-state index contributed by atoms with van der Waals surface area (Å²) in [5, 5.41) is 2.82. The maximum Gasteiger partial charge on any atom is 0.250 e. The van der Waals surface area contributed by atoms with E-state index in [2.05, 4.69) is 5.32 Å². The molecule has 0 atom stereocenters. The summed E-state index contributed by atoms with van der Waals surface area (Å²) >= 11 is 0. The van der Waals surface area contributed by atoms with Gasteiger partial charge in [0.05, 0.1) is 6.61 Å². The highest BCUT2D eigenvalue weighted by atomic mass is 16.5. The summed E-state index contributed by atoms with van der Waals surface area (Å²) in [7, 11) is 0. The van der Waals surface area contributed by atoms with E-state index in [0.29, 0.717) is 6.61 Å². The average Bonchev–Trinajstić information content (AvgIpc) is 2.76. The molecule has 1 fully saturated rings. The van der Waals surface area contributed by atoms with Gasteiger partial charge < -0.3 is 15.8 Å². The molecule has 1 aromatic rings. The van der Waals surface area contributed by atoms with Crippen molar-refractivity contribution in [3.8, 4) is 0 Å². The van der Waals surface area contributed by atoms with Gasteiger partial charge in [0.1, 0.15) is 6.61 Å². The van der Waals surface area contributed by atoms with Crippen LogP contribution in [0.4, 0.5) is 5.69 Å². The molecule has 2 rings (SSSR count). The van der Waals surface area contributed by atoms with Crippen molar-refractivity contribution in [1.29, 1.82) is 0 Å². The van der Waals surface area contributed by atoms with Crippen molar-refractivity contribution >= 4 is 11.6 Å². The number of amides is 1. The van der Waals surface area contributed by atoms with E-state index in [4.69, 9.17) is 10.5 Å². The van der Waals surface area contributed by atoms with Crippen molar-refractivity contribution in [3.05, 3.63) is 29.8 Å². The number of benzene rings is 1. The second-order valence-electron chi connectivity index (χ2n) is 5.48. The second kappa shape index (κ2) is 6.17. The number of hydrogen-bond donors (Lipinski definition) is 2. The van der Waals surface area contributed by atoms with E-state index < -0.39 is 0 Å². The van der Waals surface area contributed by atoms with Crippen LogP contribution < -0.4 is 11.1 Å². The van der Waals surface area contributed by atoms with Gasteiger partial charge in [-0.05, 0) is 37.5 Å². The monoisotopic (exact) mass is 262 g/mol. The molecular weight excluding hydrogens is 240 g/mol. The SMILES string of the molecule is Cc1cccc(NC(=O)COCC2(N)CCCC2)c1. The van der Waals surface area contributed by atoms with Gasteiger partial charge in [-0.15, -0.1) is 0 Å². The third-order valence-corrected chi connectivity index (χ3v) is 3.52. The molecule has 1 aromatic carbocycles. The van der Waals surface area contributed by atoms with E-state index in [0.717, 1.165) is 36.9 Å². The highest BCUT2D eigenvalue weighted by Crippen LogP contribution is 2.27. The molecule has 0 radical (unpaired) electrons. The standard InChI is InChI=1S/C15H22N2O2/c1-12-5-4-6-13(9-12)17-14(18)10-19-11-15(16)7-2-3-8-15/h4-6,9H,2-3,7-8,10-11,16H2,1H3,(H,17,18). The van der Waals surface area contributed by atoms with Gasteiger partial charge in [-0.2, -0.15) is 0 Å². The maximum atomic E-state index is 11.7. The van der Waals surface area contributed by atoms with E-state index in [9.17, 15) is 4.79 Å². The highest BCUT2D eigenvalue weighted by Gasteiger charge is 2.29. The number of rotatable bonds is 5. The Labute approximate surface area is 114 Å². The minimum Gasteiger partial charge on any atom is -0.370 e. The molecule has 1 aliphatic rings. The van der Waals surface area contributed by atoms with Crippen molar-refractivity contribution in [2.24, 2.45) is 5.73 Å². The number of anilines is 1. The molecule has 0 saturated heterocycles. The van der Waals surface area contributed by atoms with Crippen molar-refractivity contribution in [3.63, 3.8) is 0 Å². The normalized spacial score (nSPS) is 17.4. The van der Waals surface area contributed by atoms with Crippen LogP contribution in [0.5, 0.6) is 0 Å². The zero-order chi connectivity index (χ0) is 13.7. The quantitative estimate of drug-likeness (QED) is 0.855. The number of ether oxygens (including phenoxy) is 1. The first kappa shape index (κ1) is 14.0. The summed E-state index contributed by atoms with van der Waals surface area (Å²) < 4.78 is 5.45. The van der Waals surface area contributed by atoms with Crippen LogP contribution in [0.1, 0.15) is 31.2 Å². The van der Waals surface area contributed by atoms with E-state index >= 15 is 0 Å². The van der Waals surface area contributed by atoms with Crippen LogP contribution in [0.3, 0.4) is 0 Å². The van der Waals surface area contributed by atoms with E-state index in [1.165, 1.54) is 0 Å². The van der Waals surface area contributed by atoms with Crippen LogP contribution in [0.25, 0.3) is 0 Å². The Hall–Kier alpha value is -1.39. The molecule has 1 aliphatic carbocycles. The molecule has 1 saturated carbocycles. The van der Waals surface area contributed by atoms with Gasteiger partial charge in [0.25, 0.3) is 0 Å². The van der Waals surface area contributed by atoms with Crippen molar-refractivity contribution in [2.75, 3.05) is 18.5 Å². The van der Waals surface area contributed by atoms with Crippen LogP contribution in [-0.4, -0.2) is 24.7 Å². The average molecular weight is 262 g/mol. The Morgan fingerprint density at radius 3 is 2.84 bits per heavy atom. The predicted octanol–water partition coefficient (Wildman–Crippen LogP) is 2.22. The Kier molecular flexibility index (Phi) is 4.56. The predicted molar refractivity (Wildman–Crippen MR) is 76.0 cm³/mol. The minimum atomic E-state index is -0.219. The van der Waals surface area contributed by atoms with Crippen LogP contribution in [0.2, 0.25) is 0 Å². The highest BCUT2D eigenvalue weighted by molar-refractivity contribution is 5.91. The molecular formula is C15H22N2O2. The van der Waals surface area contributed by atoms with Crippen LogP contribution >= 0.6 is 0 Å². The number of carbonyl (C=O) groups is 1.